The van der Waals surface area contributed by atoms with Crippen molar-refractivity contribution < 1.29 is 23.1 Å². The Morgan fingerprint density at radius 1 is 1.32 bits per heavy atom. The Hall–Kier alpha value is -2.87. The summed E-state index contributed by atoms with van der Waals surface area (Å²) < 4.78 is 33.0. The van der Waals surface area contributed by atoms with Gasteiger partial charge in [-0.25, -0.2) is 23.5 Å². The molecule has 0 aliphatic rings. The molecule has 1 N–H and O–H groups in total. The number of benzene rings is 1. The number of hydrogen-bond donors (Lipinski definition) is 1. The predicted octanol–water partition coefficient (Wildman–Crippen LogP) is 3.57. The fraction of sp³-hybridized carbons (Fsp3) is 0.125. The molecule has 0 radical (unpaired) electrons. The van der Waals surface area contributed by atoms with Crippen LogP contribution in [-0.2, 0) is 11.2 Å². The smallest absolute Gasteiger partial charge is 0.412 e. The number of amides is 1. The monoisotopic (exact) mass is 367 g/mol. The lowest BCUT2D eigenvalue weighted by molar-refractivity contribution is 0.0983. The Kier molecular flexibility index (Phi) is 6.13. The Morgan fingerprint density at radius 3 is 2.76 bits per heavy atom. The molecule has 130 valence electrons. The van der Waals surface area contributed by atoms with E-state index < -0.39 is 29.1 Å². The normalized spacial score (nSPS) is 10.2. The van der Waals surface area contributed by atoms with Gasteiger partial charge in [0.1, 0.15) is 12.4 Å². The summed E-state index contributed by atoms with van der Waals surface area (Å²) in [7, 11) is 0. The number of anilines is 1. The Morgan fingerprint density at radius 2 is 2.08 bits per heavy atom. The lowest BCUT2D eigenvalue weighted by atomic mass is 10.0. The van der Waals surface area contributed by atoms with E-state index in [0.717, 1.165) is 12.1 Å². The van der Waals surface area contributed by atoms with E-state index in [9.17, 15) is 18.4 Å². The topological polar surface area (TPSA) is 81.2 Å². The number of halogens is 3. The number of ether oxygens (including phenoxy) is 1. The van der Waals surface area contributed by atoms with Gasteiger partial charge in [-0.3, -0.25) is 10.1 Å². The molecular formula is C16H12ClF2N3O3. The number of nitrogens with one attached hydrogen (secondary N) is 1. The SMILES string of the molecule is C=CCOC(=O)Nc1ccc(F)c(C(=O)Cc2ccnc(Cl)n2)c1F. The average molecular weight is 368 g/mol. The maximum absolute atomic E-state index is 14.4. The van der Waals surface area contributed by atoms with Crippen LogP contribution in [0.15, 0.2) is 37.1 Å². The van der Waals surface area contributed by atoms with Gasteiger partial charge in [-0.1, -0.05) is 12.7 Å². The van der Waals surface area contributed by atoms with Crippen molar-refractivity contribution in [2.45, 2.75) is 6.42 Å². The van der Waals surface area contributed by atoms with Crippen molar-refractivity contribution in [3.63, 3.8) is 0 Å². The first-order valence-electron chi connectivity index (χ1n) is 6.95. The Balaban J connectivity index is 2.24. The zero-order chi connectivity index (χ0) is 18.4. The second kappa shape index (κ2) is 8.29. The van der Waals surface area contributed by atoms with E-state index in [1.165, 1.54) is 18.3 Å². The molecule has 1 heterocycles. The van der Waals surface area contributed by atoms with Crippen molar-refractivity contribution in [1.29, 1.82) is 0 Å². The molecule has 0 saturated heterocycles. The van der Waals surface area contributed by atoms with Crippen LogP contribution in [0.5, 0.6) is 0 Å². The van der Waals surface area contributed by atoms with Gasteiger partial charge in [-0.2, -0.15) is 0 Å². The van der Waals surface area contributed by atoms with Crippen molar-refractivity contribution in [3.8, 4) is 0 Å². The van der Waals surface area contributed by atoms with E-state index in [2.05, 4.69) is 26.6 Å². The summed E-state index contributed by atoms with van der Waals surface area (Å²) in [5.74, 6) is -3.14. The zero-order valence-electron chi connectivity index (χ0n) is 12.8. The average Bonchev–Trinajstić information content (AvgIpc) is 2.55. The second-order valence-electron chi connectivity index (χ2n) is 4.71. The van der Waals surface area contributed by atoms with Crippen molar-refractivity contribution in [2.24, 2.45) is 0 Å². The fourth-order valence-corrected chi connectivity index (χ4v) is 2.07. The molecule has 0 aliphatic carbocycles. The van der Waals surface area contributed by atoms with Crippen LogP contribution in [0, 0.1) is 11.6 Å². The molecule has 0 fully saturated rings. The van der Waals surface area contributed by atoms with E-state index in [1.807, 2.05) is 0 Å². The summed E-state index contributed by atoms with van der Waals surface area (Å²) in [5.41, 5.74) is -0.983. The molecule has 0 unspecified atom stereocenters. The zero-order valence-corrected chi connectivity index (χ0v) is 13.5. The van der Waals surface area contributed by atoms with Crippen molar-refractivity contribution >= 4 is 29.2 Å². The molecule has 9 heteroatoms. The molecular weight excluding hydrogens is 356 g/mol. The van der Waals surface area contributed by atoms with E-state index in [1.54, 1.807) is 0 Å². The highest BCUT2D eigenvalue weighted by Gasteiger charge is 2.22. The number of Topliss-reactive ketones (excluding diaryl/α,β-unsaturated/α-hetero) is 1. The fourth-order valence-electron chi connectivity index (χ4n) is 1.91. The molecule has 6 nitrogen and oxygen atoms in total. The third kappa shape index (κ3) is 4.80. The third-order valence-electron chi connectivity index (χ3n) is 2.96. The van der Waals surface area contributed by atoms with E-state index in [-0.39, 0.29) is 29.7 Å². The molecule has 2 rings (SSSR count). The third-order valence-corrected chi connectivity index (χ3v) is 3.15. The van der Waals surface area contributed by atoms with Gasteiger partial charge in [0.2, 0.25) is 5.28 Å². The van der Waals surface area contributed by atoms with Gasteiger partial charge < -0.3 is 4.74 Å². The lowest BCUT2D eigenvalue weighted by Gasteiger charge is -2.10. The van der Waals surface area contributed by atoms with Gasteiger partial charge in [-0.05, 0) is 29.8 Å². The number of carbonyl (C=O) groups is 2. The largest absolute Gasteiger partial charge is 0.445 e. The summed E-state index contributed by atoms with van der Waals surface area (Å²) >= 11 is 5.61. The van der Waals surface area contributed by atoms with Gasteiger partial charge in [0.25, 0.3) is 0 Å². The van der Waals surface area contributed by atoms with Gasteiger partial charge in [0, 0.05) is 6.20 Å². The Labute approximate surface area is 146 Å². The molecule has 2 aromatic rings. The van der Waals surface area contributed by atoms with Gasteiger partial charge in [-0.15, -0.1) is 0 Å². The van der Waals surface area contributed by atoms with Crippen molar-refractivity contribution in [1.82, 2.24) is 9.97 Å². The highest BCUT2D eigenvalue weighted by atomic mass is 35.5. The summed E-state index contributed by atoms with van der Waals surface area (Å²) in [5, 5.41) is 2.00. The Bertz CT molecular complexity index is 830. The maximum Gasteiger partial charge on any atom is 0.412 e. The summed E-state index contributed by atoms with van der Waals surface area (Å²) in [6.07, 6.45) is 1.28. The van der Waals surface area contributed by atoms with Crippen LogP contribution < -0.4 is 5.32 Å². The number of rotatable bonds is 6. The second-order valence-corrected chi connectivity index (χ2v) is 5.05. The minimum absolute atomic E-state index is 0.0884. The number of nitrogens with zero attached hydrogens (tertiary/aromatic N) is 2. The van der Waals surface area contributed by atoms with Crippen LogP contribution in [0.1, 0.15) is 16.1 Å². The van der Waals surface area contributed by atoms with Gasteiger partial charge in [0.05, 0.1) is 23.4 Å². The molecule has 1 amide bonds. The van der Waals surface area contributed by atoms with Crippen LogP contribution in [0.25, 0.3) is 0 Å². The molecule has 0 spiro atoms. The first kappa shape index (κ1) is 18.5. The molecule has 0 saturated carbocycles. The highest BCUT2D eigenvalue weighted by Crippen LogP contribution is 2.23. The van der Waals surface area contributed by atoms with E-state index >= 15 is 0 Å². The van der Waals surface area contributed by atoms with Gasteiger partial charge >= 0.3 is 6.09 Å². The van der Waals surface area contributed by atoms with Crippen LogP contribution in [-0.4, -0.2) is 28.5 Å². The molecule has 1 aromatic heterocycles. The lowest BCUT2D eigenvalue weighted by Crippen LogP contribution is -2.17. The molecule has 0 aliphatic heterocycles. The summed E-state index contributed by atoms with van der Waals surface area (Å²) in [4.78, 5) is 31.1. The van der Waals surface area contributed by atoms with Crippen molar-refractivity contribution in [2.75, 3.05) is 11.9 Å². The standard InChI is InChI=1S/C16H12ClF2N3O3/c1-2-7-25-16(24)22-11-4-3-10(18)13(14(11)19)12(23)8-9-5-6-20-15(17)21-9/h2-6H,1,7-8H2,(H,22,24). The van der Waals surface area contributed by atoms with Gasteiger partial charge in [0.15, 0.2) is 11.6 Å². The first-order chi connectivity index (χ1) is 11.9. The quantitative estimate of drug-likeness (QED) is 0.479. The highest BCUT2D eigenvalue weighted by molar-refractivity contribution is 6.28. The summed E-state index contributed by atoms with van der Waals surface area (Å²) in [6.45, 7) is 3.27. The van der Waals surface area contributed by atoms with Crippen LogP contribution in [0.4, 0.5) is 19.3 Å². The maximum atomic E-state index is 14.4. The minimum Gasteiger partial charge on any atom is -0.445 e. The van der Waals surface area contributed by atoms with Crippen LogP contribution in [0.3, 0.4) is 0 Å². The summed E-state index contributed by atoms with van der Waals surface area (Å²) in [6, 6.07) is 3.25. The molecule has 25 heavy (non-hydrogen) atoms. The number of hydrogen-bond acceptors (Lipinski definition) is 5. The van der Waals surface area contributed by atoms with E-state index in [4.69, 9.17) is 11.6 Å². The van der Waals surface area contributed by atoms with E-state index in [0.29, 0.717) is 0 Å². The van der Waals surface area contributed by atoms with Crippen molar-refractivity contribution in [3.05, 3.63) is 65.2 Å². The first-order valence-corrected chi connectivity index (χ1v) is 7.33. The van der Waals surface area contributed by atoms with Crippen LogP contribution >= 0.6 is 11.6 Å². The predicted molar refractivity (Wildman–Crippen MR) is 86.6 cm³/mol. The minimum atomic E-state index is -1.21. The van der Waals surface area contributed by atoms with Crippen LogP contribution in [0.2, 0.25) is 5.28 Å². The molecule has 0 atom stereocenters. The molecule has 1 aromatic carbocycles. The molecule has 0 bridgehead atoms. The number of carbonyl (C=O) groups excluding carboxylic acids is 2. The number of aromatic nitrogens is 2. The number of ketones is 1.